The molecule has 1 radical (unpaired) electrons. The first-order valence-electron chi connectivity index (χ1n) is 1.30. The molecule has 0 unspecified atom stereocenters. The summed E-state index contributed by atoms with van der Waals surface area (Å²) in [6, 6.07) is 0. The first kappa shape index (κ1) is 74.6. The van der Waals surface area contributed by atoms with Gasteiger partial charge in [0.15, 0.2) is 0 Å². The van der Waals surface area contributed by atoms with Crippen molar-refractivity contribution in [3.05, 3.63) is 32.9 Å². The van der Waals surface area contributed by atoms with E-state index in [1.54, 1.807) is 0 Å². The molecular formula is C5FeN6O-. The second-order valence-corrected chi connectivity index (χ2v) is 0. The summed E-state index contributed by atoms with van der Waals surface area (Å²) in [5.41, 5.74) is 5.75. The molecule has 0 aliphatic heterocycles. The van der Waals surface area contributed by atoms with Crippen LogP contribution in [-0.4, -0.2) is 0 Å². The van der Waals surface area contributed by atoms with Crippen LogP contribution in [0.15, 0.2) is 0 Å². The second-order valence-electron chi connectivity index (χ2n) is 0. The smallest absolute Gasteiger partial charge is 0.512 e. The summed E-state index contributed by atoms with van der Waals surface area (Å²) in [5.74, 6) is 0. The first-order chi connectivity index (χ1) is 6.00. The fraction of sp³-hybridized carbons (Fsp3) is 0. The van der Waals surface area contributed by atoms with Crippen LogP contribution in [0.5, 0.6) is 0 Å². The van der Waals surface area contributed by atoms with E-state index in [1.165, 1.54) is 0 Å². The van der Waals surface area contributed by atoms with Crippen LogP contribution in [0.1, 0.15) is 0 Å². The van der Waals surface area contributed by atoms with Crippen molar-refractivity contribution in [1.82, 2.24) is 0 Å². The minimum atomic E-state index is 0. The maximum atomic E-state index is 7.25. The van der Waals surface area contributed by atoms with Gasteiger partial charge in [-0.2, -0.15) is 0 Å². The molecular weight excluding hydrogens is 216 g/mol. The number of rotatable bonds is 0. The largest absolute Gasteiger partial charge is 3.00 e. The topological polar surface area (TPSA) is 163 Å². The fourth-order valence-electron chi connectivity index (χ4n) is 0. The molecule has 8 heteroatoms. The standard InChI is InChI=1S/5CN.Fe.NO/c5*1-2;;1-2/q5*-1;+3;+1. The van der Waals surface area contributed by atoms with E-state index >= 15 is 0 Å². The van der Waals surface area contributed by atoms with Crippen LogP contribution in [0.2, 0.25) is 0 Å². The van der Waals surface area contributed by atoms with Crippen molar-refractivity contribution in [3.8, 4) is 0 Å². The van der Waals surface area contributed by atoms with Crippen LogP contribution in [0, 0.1) is 64.6 Å². The summed E-state index contributed by atoms with van der Waals surface area (Å²) >= 11 is 0. The molecule has 7 nitrogen and oxygen atoms in total. The molecule has 0 amide bonds. The minimum Gasteiger partial charge on any atom is -0.512 e. The molecule has 0 rings (SSSR count). The predicted octanol–water partition coefficient (Wildman–Crippen LogP) is 0.376. The van der Waals surface area contributed by atoms with Gasteiger partial charge in [0.25, 0.3) is 0 Å². The van der Waals surface area contributed by atoms with E-state index in [2.05, 4.69) is 0 Å². The quantitative estimate of drug-likeness (QED) is 0.322. The summed E-state index contributed by atoms with van der Waals surface area (Å²) in [7, 11) is 0. The van der Waals surface area contributed by atoms with Crippen molar-refractivity contribution >= 4 is 0 Å². The summed E-state index contributed by atoms with van der Waals surface area (Å²) in [5, 5.41) is 31.2. The van der Waals surface area contributed by atoms with Crippen molar-refractivity contribution in [2.24, 2.45) is 0 Å². The van der Waals surface area contributed by atoms with Crippen LogP contribution in [0.3, 0.4) is 0 Å². The Bertz CT molecular complexity index is 96.0. The molecule has 0 aliphatic carbocycles. The Morgan fingerprint density at radius 2 is 0.462 bits per heavy atom. The molecule has 0 heterocycles. The van der Waals surface area contributed by atoms with E-state index < -0.39 is 0 Å². The van der Waals surface area contributed by atoms with E-state index in [0.29, 0.717) is 0 Å². The van der Waals surface area contributed by atoms with Gasteiger partial charge >= 0.3 is 27.3 Å². The molecule has 0 aliphatic rings. The summed E-state index contributed by atoms with van der Waals surface area (Å²) in [6.07, 6.45) is 0. The van der Waals surface area contributed by atoms with Gasteiger partial charge in [-0.15, -0.1) is 0 Å². The van der Waals surface area contributed by atoms with Gasteiger partial charge in [0.1, 0.15) is 0 Å². The van der Waals surface area contributed by atoms with Crippen LogP contribution in [0.25, 0.3) is 0 Å². The first-order valence-corrected chi connectivity index (χ1v) is 1.30. The van der Waals surface area contributed by atoms with Crippen LogP contribution >= 0.6 is 0 Å². The molecule has 0 aromatic carbocycles. The van der Waals surface area contributed by atoms with Gasteiger partial charge in [0.05, 0.1) is 0 Å². The van der Waals surface area contributed by atoms with Crippen molar-refractivity contribution in [2.45, 2.75) is 0 Å². The third kappa shape index (κ3) is 101. The zero-order valence-corrected chi connectivity index (χ0v) is 7.05. The van der Waals surface area contributed by atoms with Gasteiger partial charge < -0.3 is 59.2 Å². The molecule has 0 N–H and O–H groups in total. The van der Waals surface area contributed by atoms with E-state index in [4.69, 9.17) is 69.4 Å². The van der Waals surface area contributed by atoms with Crippen molar-refractivity contribution in [1.29, 1.82) is 31.8 Å². The SMILES string of the molecule is N#[O+].[C-]#N.[C-]#N.[C-]#N.[C-]#N.[C-]#N.[Fe+3]. The van der Waals surface area contributed by atoms with Crippen LogP contribution < -0.4 is 0 Å². The van der Waals surface area contributed by atoms with E-state index in [0.717, 1.165) is 0 Å². The van der Waals surface area contributed by atoms with E-state index in [1.807, 2.05) is 0 Å². The zero-order chi connectivity index (χ0) is 12.0. The van der Waals surface area contributed by atoms with Gasteiger partial charge in [-0.3, -0.25) is 0 Å². The number of nitrogens with zero attached hydrogens (tertiary/aromatic N) is 6. The van der Waals surface area contributed by atoms with E-state index in [9.17, 15) is 0 Å². The van der Waals surface area contributed by atoms with Gasteiger partial charge in [0, 0.05) is 0 Å². The zero-order valence-electron chi connectivity index (χ0n) is 5.95. The van der Waals surface area contributed by atoms with Gasteiger partial charge in [-0.05, 0) is 0 Å². The molecule has 0 atom stereocenters. The maximum Gasteiger partial charge on any atom is 3.00 e. The molecule has 0 spiro atoms. The molecule has 0 saturated heterocycles. The van der Waals surface area contributed by atoms with Gasteiger partial charge in [-0.25, -0.2) is 0 Å². The molecule has 13 heavy (non-hydrogen) atoms. The van der Waals surface area contributed by atoms with Gasteiger partial charge in [0.2, 0.25) is 0 Å². The molecule has 0 fully saturated rings. The Labute approximate surface area is 87.0 Å². The third-order valence-electron chi connectivity index (χ3n) is 0. The average molecular weight is 216 g/mol. The normalized spacial score (nSPS) is 0.923. The summed E-state index contributed by atoms with van der Waals surface area (Å²) in [4.78, 5) is 0. The number of hydrogen-bond donors (Lipinski definition) is 0. The van der Waals surface area contributed by atoms with Crippen LogP contribution in [0.4, 0.5) is 0 Å². The molecule has 0 saturated carbocycles. The Kier molecular flexibility index (Phi) is 741. The van der Waals surface area contributed by atoms with Crippen molar-refractivity contribution in [2.75, 3.05) is 0 Å². The summed E-state index contributed by atoms with van der Waals surface area (Å²) < 4.78 is 7.25. The number of hydrogen-bond acceptors (Lipinski definition) is 6. The van der Waals surface area contributed by atoms with Gasteiger partial charge in [-0.1, -0.05) is 0 Å². The molecule has 0 bridgehead atoms. The Balaban J connectivity index is -0.00000000655. The maximum absolute atomic E-state index is 7.25. The van der Waals surface area contributed by atoms with E-state index in [-0.39, 0.29) is 17.1 Å². The van der Waals surface area contributed by atoms with Crippen LogP contribution in [-0.2, 0) is 21.8 Å². The second kappa shape index (κ2) is 129. The molecule has 0 aromatic heterocycles. The molecule has 65 valence electrons. The Morgan fingerprint density at radius 1 is 0.462 bits per heavy atom. The Morgan fingerprint density at radius 3 is 0.462 bits per heavy atom. The predicted molar refractivity (Wildman–Crippen MR) is 27.3 cm³/mol. The fourth-order valence-corrected chi connectivity index (χ4v) is 0. The monoisotopic (exact) mass is 216 g/mol. The summed E-state index contributed by atoms with van der Waals surface area (Å²) in [6.45, 7) is 23.8. The average Bonchev–Trinajstić information content (AvgIpc) is 2.33. The van der Waals surface area contributed by atoms with Crippen molar-refractivity contribution < 1.29 is 21.8 Å². The minimum absolute atomic E-state index is 0. The third-order valence-corrected chi connectivity index (χ3v) is 0. The Hall–Kier alpha value is -2.36. The van der Waals surface area contributed by atoms with Crippen molar-refractivity contribution in [3.63, 3.8) is 0 Å². The molecule has 0 aromatic rings.